The molecule has 42 heavy (non-hydrogen) atoms. The van der Waals surface area contributed by atoms with Crippen LogP contribution in [-0.2, 0) is 19.9 Å². The van der Waals surface area contributed by atoms with Crippen LogP contribution in [0.4, 0.5) is 10.2 Å². The summed E-state index contributed by atoms with van der Waals surface area (Å²) in [5.41, 5.74) is 4.19. The first-order chi connectivity index (χ1) is 19.9. The minimum atomic E-state index is -4.40. The standard InChI is InChI=1S/C31H25FN4O4S2/c1-19-8-12-24(13-9-19)41(37,38)29-28-30(34-27-7-5-4-6-26(27)33-28)36(23-17-20(2)16-21(3)18-23)31(29)35-42(39,40)25-14-10-22(32)11-15-25/h4-18,35H,1-3H3. The number of aromatic nitrogens is 3. The molecule has 0 radical (unpaired) electrons. The molecular formula is C31H25FN4O4S2. The molecule has 4 aromatic carbocycles. The number of sulfonamides is 1. The number of benzene rings is 4. The van der Waals surface area contributed by atoms with Gasteiger partial charge in [0.1, 0.15) is 22.0 Å². The number of anilines is 1. The summed E-state index contributed by atoms with van der Waals surface area (Å²) in [7, 11) is -8.77. The molecule has 1 N–H and O–H groups in total. The van der Waals surface area contributed by atoms with E-state index in [-0.39, 0.29) is 31.7 Å². The molecule has 212 valence electrons. The molecule has 2 heterocycles. The van der Waals surface area contributed by atoms with Gasteiger partial charge in [-0.1, -0.05) is 35.9 Å². The van der Waals surface area contributed by atoms with Crippen LogP contribution in [0.25, 0.3) is 27.9 Å². The average molecular weight is 601 g/mol. The second kappa shape index (κ2) is 10.0. The second-order valence-corrected chi connectivity index (χ2v) is 13.7. The average Bonchev–Trinajstić information content (AvgIpc) is 3.24. The highest BCUT2D eigenvalue weighted by atomic mass is 32.2. The maximum absolute atomic E-state index is 14.4. The third kappa shape index (κ3) is 4.80. The lowest BCUT2D eigenvalue weighted by molar-refractivity contribution is 0.597. The monoisotopic (exact) mass is 600 g/mol. The summed E-state index contributed by atoms with van der Waals surface area (Å²) in [5, 5.41) is 0. The van der Waals surface area contributed by atoms with Gasteiger partial charge in [-0.25, -0.2) is 31.2 Å². The Hall–Kier alpha value is -4.61. The highest BCUT2D eigenvalue weighted by Gasteiger charge is 2.34. The lowest BCUT2D eigenvalue weighted by atomic mass is 10.1. The van der Waals surface area contributed by atoms with E-state index in [1.807, 2.05) is 26.8 Å². The second-order valence-electron chi connectivity index (χ2n) is 10.1. The Bertz CT molecular complexity index is 2210. The van der Waals surface area contributed by atoms with Gasteiger partial charge in [0.05, 0.1) is 20.8 Å². The number of hydrogen-bond acceptors (Lipinski definition) is 6. The first kappa shape index (κ1) is 27.6. The number of nitrogens with one attached hydrogen (secondary N) is 1. The summed E-state index contributed by atoms with van der Waals surface area (Å²) in [5.74, 6) is -0.865. The summed E-state index contributed by atoms with van der Waals surface area (Å²) in [4.78, 5) is 8.86. The summed E-state index contributed by atoms with van der Waals surface area (Å²) in [6, 6.07) is 23.1. The van der Waals surface area contributed by atoms with E-state index in [1.165, 1.54) is 16.7 Å². The van der Waals surface area contributed by atoms with Gasteiger partial charge in [-0.05, 0) is 92.6 Å². The minimum Gasteiger partial charge on any atom is -0.277 e. The van der Waals surface area contributed by atoms with Crippen molar-refractivity contribution in [1.29, 1.82) is 0 Å². The zero-order chi connectivity index (χ0) is 29.8. The molecule has 6 rings (SSSR count). The number of nitrogens with zero attached hydrogens (tertiary/aromatic N) is 3. The molecule has 0 saturated carbocycles. The number of rotatable bonds is 6. The lowest BCUT2D eigenvalue weighted by Crippen LogP contribution is -2.18. The van der Waals surface area contributed by atoms with Crippen molar-refractivity contribution in [2.75, 3.05) is 4.72 Å². The van der Waals surface area contributed by atoms with Gasteiger partial charge in [-0.3, -0.25) is 9.29 Å². The molecule has 0 aliphatic heterocycles. The van der Waals surface area contributed by atoms with E-state index in [9.17, 15) is 21.2 Å². The van der Waals surface area contributed by atoms with Crippen molar-refractivity contribution in [3.63, 3.8) is 0 Å². The Labute approximate surface area is 242 Å². The SMILES string of the molecule is Cc1ccc(S(=O)(=O)c2c(NS(=O)(=O)c3ccc(F)cc3)n(-c3cc(C)cc(C)c3)c3nc4ccccc4nc23)cc1. The highest BCUT2D eigenvalue weighted by molar-refractivity contribution is 7.93. The van der Waals surface area contributed by atoms with Crippen LogP contribution in [0.1, 0.15) is 16.7 Å². The maximum atomic E-state index is 14.4. The third-order valence-electron chi connectivity index (χ3n) is 6.84. The van der Waals surface area contributed by atoms with Gasteiger partial charge in [0.25, 0.3) is 10.0 Å². The Morgan fingerprint density at radius 3 is 1.88 bits per heavy atom. The van der Waals surface area contributed by atoms with Crippen LogP contribution in [0, 0.1) is 26.6 Å². The van der Waals surface area contributed by atoms with Gasteiger partial charge >= 0.3 is 0 Å². The molecule has 0 spiro atoms. The Morgan fingerprint density at radius 1 is 0.690 bits per heavy atom. The largest absolute Gasteiger partial charge is 0.277 e. The smallest absolute Gasteiger partial charge is 0.263 e. The van der Waals surface area contributed by atoms with Crippen molar-refractivity contribution in [3.8, 4) is 5.69 Å². The van der Waals surface area contributed by atoms with Gasteiger partial charge in [0.2, 0.25) is 9.84 Å². The highest BCUT2D eigenvalue weighted by Crippen LogP contribution is 2.40. The summed E-state index contributed by atoms with van der Waals surface area (Å²) >= 11 is 0. The van der Waals surface area contributed by atoms with Crippen LogP contribution in [0.2, 0.25) is 0 Å². The summed E-state index contributed by atoms with van der Waals surface area (Å²) in [6.07, 6.45) is 0. The maximum Gasteiger partial charge on any atom is 0.263 e. The van der Waals surface area contributed by atoms with Crippen LogP contribution in [0.3, 0.4) is 0 Å². The van der Waals surface area contributed by atoms with E-state index < -0.39 is 25.7 Å². The fourth-order valence-electron chi connectivity index (χ4n) is 4.93. The van der Waals surface area contributed by atoms with E-state index in [1.54, 1.807) is 48.5 Å². The molecule has 0 saturated heterocycles. The molecule has 0 fully saturated rings. The van der Waals surface area contributed by atoms with Crippen molar-refractivity contribution >= 4 is 47.9 Å². The minimum absolute atomic E-state index is 0.00485. The first-order valence-electron chi connectivity index (χ1n) is 12.9. The van der Waals surface area contributed by atoms with Crippen LogP contribution < -0.4 is 4.72 Å². The van der Waals surface area contributed by atoms with E-state index in [0.29, 0.717) is 16.7 Å². The molecular weight excluding hydrogens is 575 g/mol. The summed E-state index contributed by atoms with van der Waals surface area (Å²) in [6.45, 7) is 5.60. The van der Waals surface area contributed by atoms with Crippen molar-refractivity contribution < 1.29 is 21.2 Å². The molecule has 8 nitrogen and oxygen atoms in total. The number of halogens is 1. The summed E-state index contributed by atoms with van der Waals surface area (Å²) < 4.78 is 73.9. The fraction of sp³-hybridized carbons (Fsp3) is 0.0968. The predicted octanol–water partition coefficient (Wildman–Crippen LogP) is 6.27. The van der Waals surface area contributed by atoms with Crippen molar-refractivity contribution in [2.24, 2.45) is 0 Å². The zero-order valence-electron chi connectivity index (χ0n) is 22.8. The number of para-hydroxylation sites is 2. The zero-order valence-corrected chi connectivity index (χ0v) is 24.5. The van der Waals surface area contributed by atoms with Crippen molar-refractivity contribution in [1.82, 2.24) is 14.5 Å². The molecule has 0 atom stereocenters. The Kier molecular flexibility index (Phi) is 6.58. The van der Waals surface area contributed by atoms with E-state index in [2.05, 4.69) is 4.72 Å². The quantitative estimate of drug-likeness (QED) is 0.241. The van der Waals surface area contributed by atoms with Crippen molar-refractivity contribution in [2.45, 2.75) is 35.5 Å². The van der Waals surface area contributed by atoms with Gasteiger partial charge in [0, 0.05) is 5.69 Å². The van der Waals surface area contributed by atoms with E-state index >= 15 is 0 Å². The number of fused-ring (bicyclic) bond motifs is 2. The van der Waals surface area contributed by atoms with E-state index in [4.69, 9.17) is 9.97 Å². The molecule has 0 amide bonds. The molecule has 0 unspecified atom stereocenters. The third-order valence-corrected chi connectivity index (χ3v) is 10.0. The Morgan fingerprint density at radius 2 is 1.26 bits per heavy atom. The molecule has 0 aliphatic rings. The molecule has 0 aliphatic carbocycles. The number of hydrogen-bond donors (Lipinski definition) is 1. The molecule has 11 heteroatoms. The molecule has 0 bridgehead atoms. The molecule has 6 aromatic rings. The topological polar surface area (TPSA) is 111 Å². The van der Waals surface area contributed by atoms with Crippen LogP contribution in [0.5, 0.6) is 0 Å². The Balaban J connectivity index is 1.76. The van der Waals surface area contributed by atoms with E-state index in [0.717, 1.165) is 41.0 Å². The van der Waals surface area contributed by atoms with Gasteiger partial charge in [0.15, 0.2) is 5.65 Å². The van der Waals surface area contributed by atoms with Gasteiger partial charge in [-0.15, -0.1) is 0 Å². The predicted molar refractivity (Wildman–Crippen MR) is 160 cm³/mol. The van der Waals surface area contributed by atoms with Crippen LogP contribution >= 0.6 is 0 Å². The van der Waals surface area contributed by atoms with Gasteiger partial charge in [-0.2, -0.15) is 0 Å². The van der Waals surface area contributed by atoms with Crippen LogP contribution in [-0.4, -0.2) is 31.4 Å². The normalized spacial score (nSPS) is 12.2. The fourth-order valence-corrected chi connectivity index (χ4v) is 7.57. The van der Waals surface area contributed by atoms with Crippen LogP contribution in [0.15, 0.2) is 106 Å². The van der Waals surface area contributed by atoms with Gasteiger partial charge < -0.3 is 0 Å². The lowest BCUT2D eigenvalue weighted by Gasteiger charge is -2.16. The number of aryl methyl sites for hydroxylation is 3. The first-order valence-corrected chi connectivity index (χ1v) is 15.9. The van der Waals surface area contributed by atoms with Crippen molar-refractivity contribution in [3.05, 3.63) is 114 Å². The number of sulfone groups is 1. The molecule has 2 aromatic heterocycles.